The van der Waals surface area contributed by atoms with Gasteiger partial charge in [-0.25, -0.2) is 0 Å². The third-order valence-electron chi connectivity index (χ3n) is 5.48. The number of hydrogen-bond acceptors (Lipinski definition) is 4. The topological polar surface area (TPSA) is 62.1 Å². The average molecular weight is 391 g/mol. The molecule has 0 aliphatic carbocycles. The molecule has 1 fully saturated rings. The number of hydrogen-bond donors (Lipinski definition) is 1. The molecule has 2 aromatic rings. The van der Waals surface area contributed by atoms with E-state index in [0.29, 0.717) is 29.4 Å². The lowest BCUT2D eigenvalue weighted by Crippen LogP contribution is -2.57. The minimum Gasteiger partial charge on any atom is -0.456 e. The zero-order chi connectivity index (χ0) is 21.2. The Bertz CT molecular complexity index is 938. The number of carbonyl (C=O) groups excluding carboxylic acids is 1. The molecule has 1 aliphatic rings. The molecule has 3 rings (SSSR count). The second-order valence-corrected chi connectivity index (χ2v) is 9.48. The lowest BCUT2D eigenvalue weighted by atomic mass is 9.73. The van der Waals surface area contributed by atoms with Crippen molar-refractivity contribution in [1.29, 1.82) is 5.26 Å². The number of carbonyl (C=O) groups is 1. The molecule has 1 N–H and O–H groups in total. The van der Waals surface area contributed by atoms with Gasteiger partial charge >= 0.3 is 0 Å². The predicted octanol–water partition coefficient (Wildman–Crippen LogP) is 5.79. The summed E-state index contributed by atoms with van der Waals surface area (Å²) in [5, 5.41) is 12.9. The lowest BCUT2D eigenvalue weighted by molar-refractivity contribution is 0.0864. The molecule has 152 valence electrons. The number of nitriles is 1. The quantitative estimate of drug-likeness (QED) is 0.657. The van der Waals surface area contributed by atoms with Gasteiger partial charge in [0.05, 0.1) is 5.56 Å². The number of rotatable bonds is 5. The number of nitrogens with zero attached hydrogens (tertiary/aromatic N) is 1. The van der Waals surface area contributed by atoms with Crippen LogP contribution in [-0.4, -0.2) is 16.9 Å². The molecule has 0 atom stereocenters. The van der Waals surface area contributed by atoms with Crippen molar-refractivity contribution in [2.45, 2.75) is 65.0 Å². The van der Waals surface area contributed by atoms with Gasteiger partial charge in [-0.15, -0.1) is 0 Å². The maximum absolute atomic E-state index is 13.0. The van der Waals surface area contributed by atoms with Crippen LogP contribution in [0.1, 0.15) is 68.4 Å². The van der Waals surface area contributed by atoms with Crippen molar-refractivity contribution in [3.8, 4) is 17.6 Å². The van der Waals surface area contributed by atoms with Crippen molar-refractivity contribution in [2.75, 3.05) is 0 Å². The molecule has 0 unspecified atom stereocenters. The Kier molecular flexibility index (Phi) is 5.82. The number of para-hydroxylation sites is 1. The fourth-order valence-corrected chi connectivity index (χ4v) is 4.84. The predicted molar refractivity (Wildman–Crippen MR) is 115 cm³/mol. The number of ketones is 1. The molecule has 1 aliphatic heterocycles. The van der Waals surface area contributed by atoms with Gasteiger partial charge in [-0.3, -0.25) is 4.79 Å². The van der Waals surface area contributed by atoms with Crippen LogP contribution in [0.25, 0.3) is 0 Å². The van der Waals surface area contributed by atoms with Gasteiger partial charge in [-0.1, -0.05) is 12.1 Å². The van der Waals surface area contributed by atoms with E-state index in [1.807, 2.05) is 37.3 Å². The largest absolute Gasteiger partial charge is 0.456 e. The van der Waals surface area contributed by atoms with Crippen molar-refractivity contribution in [3.05, 3.63) is 59.2 Å². The molecule has 2 aromatic carbocycles. The van der Waals surface area contributed by atoms with Gasteiger partial charge in [0.25, 0.3) is 0 Å². The second-order valence-electron chi connectivity index (χ2n) is 9.48. The molecule has 1 saturated heterocycles. The summed E-state index contributed by atoms with van der Waals surface area (Å²) >= 11 is 0. The molecule has 4 nitrogen and oxygen atoms in total. The van der Waals surface area contributed by atoms with E-state index in [4.69, 9.17) is 4.74 Å². The molecular weight excluding hydrogens is 360 g/mol. The van der Waals surface area contributed by atoms with Crippen molar-refractivity contribution < 1.29 is 9.53 Å². The first-order chi connectivity index (χ1) is 13.6. The average Bonchev–Trinajstić information content (AvgIpc) is 2.59. The molecule has 1 heterocycles. The van der Waals surface area contributed by atoms with Crippen LogP contribution in [0.15, 0.2) is 42.5 Å². The molecular formula is C25H30N2O2. The molecule has 29 heavy (non-hydrogen) atoms. The van der Waals surface area contributed by atoms with Crippen molar-refractivity contribution >= 4 is 5.78 Å². The fourth-order valence-electron chi connectivity index (χ4n) is 4.84. The van der Waals surface area contributed by atoms with Crippen LogP contribution in [0, 0.1) is 24.2 Å². The van der Waals surface area contributed by atoms with Gasteiger partial charge in [0.1, 0.15) is 17.6 Å². The lowest BCUT2D eigenvalue weighted by Gasteiger charge is -2.46. The normalized spacial score (nSPS) is 18.1. The van der Waals surface area contributed by atoms with Crippen LogP contribution in [-0.2, 0) is 0 Å². The van der Waals surface area contributed by atoms with E-state index < -0.39 is 0 Å². The molecule has 0 spiro atoms. The highest BCUT2D eigenvalue weighted by atomic mass is 16.5. The smallest absolute Gasteiger partial charge is 0.163 e. The van der Waals surface area contributed by atoms with Crippen LogP contribution in [0.5, 0.6) is 11.5 Å². The van der Waals surface area contributed by atoms with Crippen molar-refractivity contribution in [1.82, 2.24) is 5.32 Å². The molecule has 0 aromatic heterocycles. The minimum atomic E-state index is 0.0353. The van der Waals surface area contributed by atoms with Gasteiger partial charge in [-0.2, -0.15) is 5.26 Å². The number of piperidine rings is 1. The Morgan fingerprint density at radius 2 is 1.79 bits per heavy atom. The Morgan fingerprint density at radius 1 is 1.14 bits per heavy atom. The minimum absolute atomic E-state index is 0.0353. The van der Waals surface area contributed by atoms with E-state index in [-0.39, 0.29) is 16.9 Å². The summed E-state index contributed by atoms with van der Waals surface area (Å²) in [6.07, 6.45) is 2.55. The molecule has 0 bridgehead atoms. The number of ether oxygens (including phenoxy) is 1. The monoisotopic (exact) mass is 390 g/mol. The number of nitrogens with one attached hydrogen (secondary N) is 1. The van der Waals surface area contributed by atoms with Crippen LogP contribution >= 0.6 is 0 Å². The summed E-state index contributed by atoms with van der Waals surface area (Å²) in [6.45, 7) is 10.8. The summed E-state index contributed by atoms with van der Waals surface area (Å²) in [7, 11) is 0. The first kappa shape index (κ1) is 21.1. The van der Waals surface area contributed by atoms with E-state index in [2.05, 4.69) is 39.1 Å². The van der Waals surface area contributed by atoms with Gasteiger partial charge in [-0.05, 0) is 89.3 Å². The van der Waals surface area contributed by atoms with Crippen LogP contribution in [0.3, 0.4) is 0 Å². The summed E-state index contributed by atoms with van der Waals surface area (Å²) in [6, 6.07) is 14.8. The maximum Gasteiger partial charge on any atom is 0.163 e. The summed E-state index contributed by atoms with van der Waals surface area (Å²) < 4.78 is 5.88. The van der Waals surface area contributed by atoms with Gasteiger partial charge in [0.15, 0.2) is 5.78 Å². The van der Waals surface area contributed by atoms with E-state index >= 15 is 0 Å². The summed E-state index contributed by atoms with van der Waals surface area (Å²) in [4.78, 5) is 13.0. The van der Waals surface area contributed by atoms with Gasteiger partial charge in [0.2, 0.25) is 0 Å². The summed E-state index contributed by atoms with van der Waals surface area (Å²) in [5.74, 6) is 1.70. The standard InChI is InChI=1S/C25H30N2O2/c1-17-12-20(29-23-9-7-6-8-19(23)16-26)10-11-21(17)22(28)13-18-14-24(2,3)27-25(4,5)15-18/h6-12,18,27H,13-15H2,1-5H3. The third-order valence-corrected chi connectivity index (χ3v) is 5.48. The Morgan fingerprint density at radius 3 is 2.41 bits per heavy atom. The summed E-state index contributed by atoms with van der Waals surface area (Å²) in [5.41, 5.74) is 2.21. The number of Topliss-reactive ketones (excluding diaryl/α,β-unsaturated/α-hetero) is 1. The van der Waals surface area contributed by atoms with E-state index in [9.17, 15) is 10.1 Å². The van der Waals surface area contributed by atoms with Crippen molar-refractivity contribution in [2.24, 2.45) is 5.92 Å². The zero-order valence-electron chi connectivity index (χ0n) is 18.0. The first-order valence-corrected chi connectivity index (χ1v) is 10.2. The van der Waals surface area contributed by atoms with E-state index in [0.717, 1.165) is 24.0 Å². The van der Waals surface area contributed by atoms with Crippen LogP contribution in [0.2, 0.25) is 0 Å². The van der Waals surface area contributed by atoms with Gasteiger partial charge < -0.3 is 10.1 Å². The van der Waals surface area contributed by atoms with E-state index in [1.165, 1.54) is 0 Å². The highest BCUT2D eigenvalue weighted by molar-refractivity contribution is 5.97. The van der Waals surface area contributed by atoms with Gasteiger partial charge in [0, 0.05) is 23.1 Å². The SMILES string of the molecule is Cc1cc(Oc2ccccc2C#N)ccc1C(=O)CC1CC(C)(C)NC(C)(C)C1. The number of aryl methyl sites for hydroxylation is 1. The Hall–Kier alpha value is -2.64. The second kappa shape index (κ2) is 8.00. The van der Waals surface area contributed by atoms with Crippen LogP contribution in [0.4, 0.5) is 0 Å². The van der Waals surface area contributed by atoms with Crippen LogP contribution < -0.4 is 10.1 Å². The highest BCUT2D eigenvalue weighted by Gasteiger charge is 2.38. The highest BCUT2D eigenvalue weighted by Crippen LogP contribution is 2.36. The molecule has 0 amide bonds. The molecule has 0 saturated carbocycles. The first-order valence-electron chi connectivity index (χ1n) is 10.2. The zero-order valence-corrected chi connectivity index (χ0v) is 18.0. The maximum atomic E-state index is 13.0. The van der Waals surface area contributed by atoms with E-state index in [1.54, 1.807) is 12.1 Å². The van der Waals surface area contributed by atoms with Crippen molar-refractivity contribution in [3.63, 3.8) is 0 Å². The molecule has 0 radical (unpaired) electrons. The third kappa shape index (κ3) is 5.25. The number of benzene rings is 2. The Labute approximate surface area is 173 Å². The fraction of sp³-hybridized carbons (Fsp3) is 0.440. The molecule has 4 heteroatoms. The Balaban J connectivity index is 1.73.